The second kappa shape index (κ2) is 10.1. The van der Waals surface area contributed by atoms with E-state index < -0.39 is 0 Å². The van der Waals surface area contributed by atoms with E-state index in [9.17, 15) is 5.26 Å². The SMILES string of the molecule is Cc1ncc(C#N)c(Nc2ccc3[nH]ccc3c2C)c1C=Cc1cccc(CN2CCOCC2)c1. The fourth-order valence-corrected chi connectivity index (χ4v) is 4.59. The Hall–Kier alpha value is -3.92. The van der Waals surface area contributed by atoms with Crippen LogP contribution in [0.25, 0.3) is 23.1 Å². The molecule has 2 aromatic carbocycles. The minimum absolute atomic E-state index is 0.518. The van der Waals surface area contributed by atoms with Gasteiger partial charge in [-0.15, -0.1) is 0 Å². The number of nitrogens with zero attached hydrogens (tertiary/aromatic N) is 3. The van der Waals surface area contributed by atoms with Crippen LogP contribution in [0.5, 0.6) is 0 Å². The number of aromatic amines is 1. The zero-order chi connectivity index (χ0) is 24.2. The molecule has 5 rings (SSSR count). The number of morpholine rings is 1. The van der Waals surface area contributed by atoms with Gasteiger partial charge in [0.2, 0.25) is 0 Å². The van der Waals surface area contributed by atoms with Crippen molar-refractivity contribution in [2.75, 3.05) is 31.6 Å². The molecule has 0 radical (unpaired) electrons. The van der Waals surface area contributed by atoms with Crippen LogP contribution in [-0.4, -0.2) is 41.2 Å². The van der Waals surface area contributed by atoms with Gasteiger partial charge in [-0.05, 0) is 48.7 Å². The lowest BCUT2D eigenvalue weighted by molar-refractivity contribution is 0.0342. The first-order chi connectivity index (χ1) is 17.1. The largest absolute Gasteiger partial charge is 0.379 e. The van der Waals surface area contributed by atoms with Gasteiger partial charge >= 0.3 is 0 Å². The van der Waals surface area contributed by atoms with Gasteiger partial charge in [-0.3, -0.25) is 9.88 Å². The lowest BCUT2D eigenvalue weighted by atomic mass is 10.0. The molecule has 2 aromatic heterocycles. The summed E-state index contributed by atoms with van der Waals surface area (Å²) in [6.45, 7) is 8.52. The maximum atomic E-state index is 9.82. The lowest BCUT2D eigenvalue weighted by Crippen LogP contribution is -2.35. The maximum absolute atomic E-state index is 9.82. The van der Waals surface area contributed by atoms with Crippen LogP contribution in [0.3, 0.4) is 0 Å². The van der Waals surface area contributed by atoms with Crippen LogP contribution < -0.4 is 5.32 Å². The van der Waals surface area contributed by atoms with Crippen LogP contribution in [0.1, 0.15) is 33.5 Å². The van der Waals surface area contributed by atoms with Gasteiger partial charge in [-0.1, -0.05) is 36.4 Å². The first kappa shape index (κ1) is 22.9. The van der Waals surface area contributed by atoms with Crippen LogP contribution >= 0.6 is 0 Å². The highest BCUT2D eigenvalue weighted by Gasteiger charge is 2.14. The zero-order valence-corrected chi connectivity index (χ0v) is 20.1. The summed E-state index contributed by atoms with van der Waals surface area (Å²) in [7, 11) is 0. The van der Waals surface area contributed by atoms with Crippen molar-refractivity contribution in [1.82, 2.24) is 14.9 Å². The van der Waals surface area contributed by atoms with E-state index in [1.807, 2.05) is 19.2 Å². The number of hydrogen-bond donors (Lipinski definition) is 2. The fraction of sp³-hybridized carbons (Fsp3) is 0.241. The number of nitrogens with one attached hydrogen (secondary N) is 2. The summed E-state index contributed by atoms with van der Waals surface area (Å²) in [5.74, 6) is 0. The first-order valence-electron chi connectivity index (χ1n) is 11.9. The molecule has 176 valence electrons. The molecule has 1 aliphatic rings. The molecule has 2 N–H and O–H groups in total. The smallest absolute Gasteiger partial charge is 0.103 e. The fourth-order valence-electron chi connectivity index (χ4n) is 4.59. The molecular weight excluding hydrogens is 434 g/mol. The van der Waals surface area contributed by atoms with Gasteiger partial charge in [0.25, 0.3) is 0 Å². The lowest BCUT2D eigenvalue weighted by Gasteiger charge is -2.26. The van der Waals surface area contributed by atoms with E-state index in [-0.39, 0.29) is 0 Å². The number of hydrogen-bond acceptors (Lipinski definition) is 5. The highest BCUT2D eigenvalue weighted by molar-refractivity contribution is 5.90. The minimum atomic E-state index is 0.518. The van der Waals surface area contributed by atoms with Crippen molar-refractivity contribution in [3.63, 3.8) is 0 Å². The molecule has 0 saturated carbocycles. The number of rotatable bonds is 6. The topological polar surface area (TPSA) is 77.0 Å². The number of aromatic nitrogens is 2. The molecule has 1 aliphatic heterocycles. The number of anilines is 2. The Morgan fingerprint density at radius 3 is 2.83 bits per heavy atom. The predicted molar refractivity (Wildman–Crippen MR) is 141 cm³/mol. The summed E-state index contributed by atoms with van der Waals surface area (Å²) in [6, 6.07) is 17.1. The van der Waals surface area contributed by atoms with Gasteiger partial charge in [-0.25, -0.2) is 0 Å². The van der Waals surface area contributed by atoms with Crippen molar-refractivity contribution in [2.24, 2.45) is 0 Å². The molecule has 6 nitrogen and oxygen atoms in total. The first-order valence-corrected chi connectivity index (χ1v) is 11.9. The van der Waals surface area contributed by atoms with Crippen molar-refractivity contribution in [2.45, 2.75) is 20.4 Å². The highest BCUT2D eigenvalue weighted by atomic mass is 16.5. The predicted octanol–water partition coefficient (Wildman–Crippen LogP) is 5.80. The summed E-state index contributed by atoms with van der Waals surface area (Å²) in [5.41, 5.74) is 8.68. The molecule has 0 bridgehead atoms. The Morgan fingerprint density at radius 2 is 2.00 bits per heavy atom. The second-order valence-corrected chi connectivity index (χ2v) is 8.93. The number of ether oxygens (including phenoxy) is 1. The van der Waals surface area contributed by atoms with E-state index >= 15 is 0 Å². The van der Waals surface area contributed by atoms with Gasteiger partial charge in [-0.2, -0.15) is 5.26 Å². The molecule has 0 unspecified atom stereocenters. The van der Waals surface area contributed by atoms with Crippen molar-refractivity contribution in [3.8, 4) is 6.07 Å². The quantitative estimate of drug-likeness (QED) is 0.378. The van der Waals surface area contributed by atoms with E-state index in [0.717, 1.165) is 77.5 Å². The molecule has 35 heavy (non-hydrogen) atoms. The summed E-state index contributed by atoms with van der Waals surface area (Å²) >= 11 is 0. The Kier molecular flexibility index (Phi) is 6.62. The second-order valence-electron chi connectivity index (χ2n) is 8.93. The highest BCUT2D eigenvalue weighted by Crippen LogP contribution is 2.32. The average Bonchev–Trinajstić information content (AvgIpc) is 3.36. The van der Waals surface area contributed by atoms with E-state index in [2.05, 4.69) is 81.7 Å². The minimum Gasteiger partial charge on any atom is -0.379 e. The normalized spacial score (nSPS) is 14.4. The molecule has 0 amide bonds. The third-order valence-electron chi connectivity index (χ3n) is 6.60. The van der Waals surface area contributed by atoms with Crippen LogP contribution in [-0.2, 0) is 11.3 Å². The molecule has 6 heteroatoms. The van der Waals surface area contributed by atoms with Crippen molar-refractivity contribution in [1.29, 1.82) is 5.26 Å². The summed E-state index contributed by atoms with van der Waals surface area (Å²) < 4.78 is 5.47. The molecule has 0 atom stereocenters. The summed E-state index contributed by atoms with van der Waals surface area (Å²) in [4.78, 5) is 10.2. The molecule has 1 fully saturated rings. The standard InChI is InChI=1S/C29H29N5O/c1-20-25-10-11-31-28(25)9-8-27(20)33-29-24(17-30)18-32-21(2)26(29)7-6-22-4-3-5-23(16-22)19-34-12-14-35-15-13-34/h3-11,16,18,31H,12-15,19H2,1-2H3,(H,32,33). The molecule has 3 heterocycles. The van der Waals surface area contributed by atoms with Gasteiger partial charge in [0.15, 0.2) is 0 Å². The van der Waals surface area contributed by atoms with Crippen molar-refractivity contribution < 1.29 is 4.74 Å². The summed E-state index contributed by atoms with van der Waals surface area (Å²) in [5, 5.41) is 14.5. The van der Waals surface area contributed by atoms with E-state index in [1.165, 1.54) is 5.56 Å². The molecule has 0 aliphatic carbocycles. The Labute approximate surface area is 205 Å². The van der Waals surface area contributed by atoms with E-state index in [1.54, 1.807) is 6.20 Å². The van der Waals surface area contributed by atoms with Crippen molar-refractivity contribution >= 4 is 34.4 Å². The molecule has 1 saturated heterocycles. The van der Waals surface area contributed by atoms with Crippen LogP contribution in [0.2, 0.25) is 0 Å². The average molecular weight is 464 g/mol. The Morgan fingerprint density at radius 1 is 1.14 bits per heavy atom. The van der Waals surface area contributed by atoms with E-state index in [4.69, 9.17) is 4.74 Å². The van der Waals surface area contributed by atoms with Crippen LogP contribution in [0.15, 0.2) is 54.9 Å². The third-order valence-corrected chi connectivity index (χ3v) is 6.60. The van der Waals surface area contributed by atoms with Gasteiger partial charge in [0, 0.05) is 59.9 Å². The molecular formula is C29H29N5O. The van der Waals surface area contributed by atoms with Gasteiger partial charge in [0.1, 0.15) is 6.07 Å². The number of fused-ring (bicyclic) bond motifs is 1. The zero-order valence-electron chi connectivity index (χ0n) is 20.1. The van der Waals surface area contributed by atoms with Crippen LogP contribution in [0, 0.1) is 25.2 Å². The number of nitriles is 1. The number of pyridine rings is 1. The maximum Gasteiger partial charge on any atom is 0.103 e. The Bertz CT molecular complexity index is 1420. The van der Waals surface area contributed by atoms with E-state index in [0.29, 0.717) is 5.56 Å². The molecule has 0 spiro atoms. The van der Waals surface area contributed by atoms with Crippen LogP contribution in [0.4, 0.5) is 11.4 Å². The number of H-pyrrole nitrogens is 1. The number of aryl methyl sites for hydroxylation is 2. The Balaban J connectivity index is 1.45. The summed E-state index contributed by atoms with van der Waals surface area (Å²) in [6.07, 6.45) is 7.74. The van der Waals surface area contributed by atoms with Gasteiger partial charge < -0.3 is 15.0 Å². The number of benzene rings is 2. The third kappa shape index (κ3) is 4.97. The molecule has 4 aromatic rings. The van der Waals surface area contributed by atoms with Gasteiger partial charge in [0.05, 0.1) is 24.5 Å². The van der Waals surface area contributed by atoms with Crippen molar-refractivity contribution in [3.05, 3.63) is 88.4 Å². The monoisotopic (exact) mass is 463 g/mol.